The summed E-state index contributed by atoms with van der Waals surface area (Å²) >= 11 is 7.45. The molecule has 0 spiro atoms. The maximum Gasteiger partial charge on any atom is 0.256 e. The molecule has 1 N–H and O–H groups in total. The Kier molecular flexibility index (Phi) is 3.83. The summed E-state index contributed by atoms with van der Waals surface area (Å²) in [7, 11) is 0. The number of amides is 1. The number of hydrogen-bond acceptors (Lipinski definition) is 3. The molecule has 0 saturated carbocycles. The number of morpholine rings is 1. The lowest BCUT2D eigenvalue weighted by Crippen LogP contribution is -2.44. The lowest BCUT2D eigenvalue weighted by Gasteiger charge is -2.31. The maximum absolute atomic E-state index is 12.6. The van der Waals surface area contributed by atoms with Crippen LogP contribution < -0.4 is 0 Å². The standard InChI is InChI=1S/C14H15ClN2O2S/c1-9-8-17(4-5-19-9)14(18)11-7-16-6-10(11)12-2-3-13(15)20-12/h2-3,6-7,9,16H,4-5,8H2,1H3. The van der Waals surface area contributed by atoms with Gasteiger partial charge in [0.15, 0.2) is 0 Å². The Hall–Kier alpha value is -1.30. The molecule has 1 atom stereocenters. The number of thiophene rings is 1. The molecule has 4 nitrogen and oxygen atoms in total. The first-order chi connectivity index (χ1) is 9.65. The smallest absolute Gasteiger partial charge is 0.256 e. The van der Waals surface area contributed by atoms with Gasteiger partial charge in [0.1, 0.15) is 0 Å². The van der Waals surface area contributed by atoms with Gasteiger partial charge in [0.05, 0.1) is 22.6 Å². The van der Waals surface area contributed by atoms with Gasteiger partial charge in [0.25, 0.3) is 5.91 Å². The van der Waals surface area contributed by atoms with Crippen LogP contribution in [-0.2, 0) is 4.74 Å². The van der Waals surface area contributed by atoms with Gasteiger partial charge in [-0.3, -0.25) is 4.79 Å². The number of H-pyrrole nitrogens is 1. The van der Waals surface area contributed by atoms with Crippen molar-refractivity contribution >= 4 is 28.8 Å². The molecule has 1 amide bonds. The molecule has 3 rings (SSSR count). The number of carbonyl (C=O) groups is 1. The minimum atomic E-state index is 0.0425. The molecule has 1 saturated heterocycles. The van der Waals surface area contributed by atoms with Gasteiger partial charge >= 0.3 is 0 Å². The molecule has 3 heterocycles. The van der Waals surface area contributed by atoms with E-state index < -0.39 is 0 Å². The summed E-state index contributed by atoms with van der Waals surface area (Å²) in [4.78, 5) is 18.5. The van der Waals surface area contributed by atoms with Gasteiger partial charge in [-0.05, 0) is 19.1 Å². The molecule has 20 heavy (non-hydrogen) atoms. The summed E-state index contributed by atoms with van der Waals surface area (Å²) < 4.78 is 6.20. The van der Waals surface area contributed by atoms with Gasteiger partial charge < -0.3 is 14.6 Å². The molecule has 1 aliphatic rings. The molecule has 0 radical (unpaired) electrons. The normalized spacial score (nSPS) is 19.3. The summed E-state index contributed by atoms with van der Waals surface area (Å²) in [6.07, 6.45) is 3.69. The fourth-order valence-corrected chi connectivity index (χ4v) is 3.45. The van der Waals surface area contributed by atoms with E-state index in [-0.39, 0.29) is 12.0 Å². The number of nitrogens with zero attached hydrogens (tertiary/aromatic N) is 1. The topological polar surface area (TPSA) is 45.3 Å². The van der Waals surface area contributed by atoms with Crippen LogP contribution in [0.5, 0.6) is 0 Å². The predicted octanol–water partition coefficient (Wildman–Crippen LogP) is 3.26. The predicted molar refractivity (Wildman–Crippen MR) is 80.4 cm³/mol. The van der Waals surface area contributed by atoms with Crippen molar-refractivity contribution in [2.45, 2.75) is 13.0 Å². The average molecular weight is 311 g/mol. The molecule has 2 aromatic heterocycles. The molecule has 0 bridgehead atoms. The Labute approximate surface area is 126 Å². The van der Waals surface area contributed by atoms with Gasteiger partial charge in [-0.1, -0.05) is 11.6 Å². The van der Waals surface area contributed by atoms with Gasteiger partial charge in [0.2, 0.25) is 0 Å². The van der Waals surface area contributed by atoms with E-state index in [2.05, 4.69) is 4.98 Å². The molecular weight excluding hydrogens is 296 g/mol. The van der Waals surface area contributed by atoms with Crippen LogP contribution in [0.25, 0.3) is 10.4 Å². The zero-order valence-electron chi connectivity index (χ0n) is 11.1. The van der Waals surface area contributed by atoms with Crippen LogP contribution in [-0.4, -0.2) is 41.6 Å². The molecule has 1 fully saturated rings. The fraction of sp³-hybridized carbons (Fsp3) is 0.357. The van der Waals surface area contributed by atoms with Gasteiger partial charge in [-0.15, -0.1) is 11.3 Å². The second-order valence-corrected chi connectivity index (χ2v) is 6.53. The second-order valence-electron chi connectivity index (χ2n) is 4.82. The zero-order valence-corrected chi connectivity index (χ0v) is 12.6. The molecule has 1 aliphatic heterocycles. The molecule has 6 heteroatoms. The van der Waals surface area contributed by atoms with Crippen LogP contribution in [0.2, 0.25) is 4.34 Å². The Bertz CT molecular complexity index is 622. The number of aromatic nitrogens is 1. The third-order valence-corrected chi connectivity index (χ3v) is 4.61. The van der Waals surface area contributed by atoms with Crippen LogP contribution in [0.1, 0.15) is 17.3 Å². The molecule has 0 aromatic carbocycles. The van der Waals surface area contributed by atoms with Crippen molar-refractivity contribution < 1.29 is 9.53 Å². The molecule has 2 aromatic rings. The lowest BCUT2D eigenvalue weighted by molar-refractivity contribution is -0.0123. The average Bonchev–Trinajstić information content (AvgIpc) is 3.06. The Morgan fingerprint density at radius 3 is 3.05 bits per heavy atom. The highest BCUT2D eigenvalue weighted by molar-refractivity contribution is 7.19. The van der Waals surface area contributed by atoms with E-state index in [9.17, 15) is 4.79 Å². The van der Waals surface area contributed by atoms with E-state index in [0.717, 1.165) is 14.8 Å². The summed E-state index contributed by atoms with van der Waals surface area (Å²) in [5.41, 5.74) is 1.60. The number of ether oxygens (including phenoxy) is 1. The van der Waals surface area contributed by atoms with Gasteiger partial charge in [0, 0.05) is 35.9 Å². The van der Waals surface area contributed by atoms with Crippen LogP contribution in [0.4, 0.5) is 0 Å². The monoisotopic (exact) mass is 310 g/mol. The number of rotatable bonds is 2. The summed E-state index contributed by atoms with van der Waals surface area (Å²) in [5, 5.41) is 0. The van der Waals surface area contributed by atoms with Crippen LogP contribution in [0.3, 0.4) is 0 Å². The van der Waals surface area contributed by atoms with Crippen molar-refractivity contribution in [3.05, 3.63) is 34.4 Å². The van der Waals surface area contributed by atoms with Crippen molar-refractivity contribution in [3.8, 4) is 10.4 Å². The largest absolute Gasteiger partial charge is 0.375 e. The van der Waals surface area contributed by atoms with Crippen molar-refractivity contribution in [1.82, 2.24) is 9.88 Å². The van der Waals surface area contributed by atoms with Crippen molar-refractivity contribution in [1.29, 1.82) is 0 Å². The minimum absolute atomic E-state index is 0.0425. The van der Waals surface area contributed by atoms with Crippen LogP contribution in [0, 0.1) is 0 Å². The molecule has 1 unspecified atom stereocenters. The summed E-state index contributed by atoms with van der Waals surface area (Å²) in [5.74, 6) is 0.0425. The van der Waals surface area contributed by atoms with Crippen LogP contribution in [0.15, 0.2) is 24.5 Å². The number of aromatic amines is 1. The Morgan fingerprint density at radius 2 is 2.35 bits per heavy atom. The molecule has 0 aliphatic carbocycles. The Balaban J connectivity index is 1.87. The highest BCUT2D eigenvalue weighted by atomic mass is 35.5. The Morgan fingerprint density at radius 1 is 1.50 bits per heavy atom. The van der Waals surface area contributed by atoms with E-state index >= 15 is 0 Å². The first-order valence-electron chi connectivity index (χ1n) is 6.48. The quantitative estimate of drug-likeness (QED) is 0.925. The summed E-state index contributed by atoms with van der Waals surface area (Å²) in [6, 6.07) is 3.79. The highest BCUT2D eigenvalue weighted by Gasteiger charge is 2.25. The minimum Gasteiger partial charge on any atom is -0.375 e. The van der Waals surface area contributed by atoms with Crippen molar-refractivity contribution in [2.24, 2.45) is 0 Å². The van der Waals surface area contributed by atoms with Crippen molar-refractivity contribution in [2.75, 3.05) is 19.7 Å². The number of carbonyl (C=O) groups excluding carboxylic acids is 1. The maximum atomic E-state index is 12.6. The van der Waals surface area contributed by atoms with E-state index in [1.807, 2.05) is 30.2 Å². The van der Waals surface area contributed by atoms with E-state index in [1.54, 1.807) is 6.20 Å². The zero-order chi connectivity index (χ0) is 14.1. The van der Waals surface area contributed by atoms with E-state index in [1.165, 1.54) is 11.3 Å². The lowest BCUT2D eigenvalue weighted by atomic mass is 10.1. The third kappa shape index (κ3) is 2.61. The molecular formula is C14H15ClN2O2S. The SMILES string of the molecule is CC1CN(C(=O)c2c[nH]cc2-c2ccc(Cl)s2)CCO1. The van der Waals surface area contributed by atoms with Gasteiger partial charge in [-0.25, -0.2) is 0 Å². The third-order valence-electron chi connectivity index (χ3n) is 3.34. The van der Waals surface area contributed by atoms with E-state index in [0.29, 0.717) is 25.3 Å². The number of halogens is 1. The summed E-state index contributed by atoms with van der Waals surface area (Å²) in [6.45, 7) is 3.85. The molecule has 106 valence electrons. The van der Waals surface area contributed by atoms with E-state index in [4.69, 9.17) is 16.3 Å². The first-order valence-corrected chi connectivity index (χ1v) is 7.68. The first kappa shape index (κ1) is 13.7. The van der Waals surface area contributed by atoms with Gasteiger partial charge in [-0.2, -0.15) is 0 Å². The number of hydrogen-bond donors (Lipinski definition) is 1. The number of nitrogens with one attached hydrogen (secondary N) is 1. The van der Waals surface area contributed by atoms with Crippen LogP contribution >= 0.6 is 22.9 Å². The fourth-order valence-electron chi connectivity index (χ4n) is 2.38. The highest BCUT2D eigenvalue weighted by Crippen LogP contribution is 2.33. The second kappa shape index (κ2) is 5.60. The van der Waals surface area contributed by atoms with Crippen molar-refractivity contribution in [3.63, 3.8) is 0 Å².